The van der Waals surface area contributed by atoms with Crippen LogP contribution in [0.15, 0.2) is 59.6 Å². The summed E-state index contributed by atoms with van der Waals surface area (Å²) in [6, 6.07) is 13.1. The van der Waals surface area contributed by atoms with Gasteiger partial charge in [-0.2, -0.15) is 13.2 Å². The van der Waals surface area contributed by atoms with Gasteiger partial charge in [-0.25, -0.2) is 4.98 Å². The second-order valence-corrected chi connectivity index (χ2v) is 11.4. The maximum absolute atomic E-state index is 12.9. The summed E-state index contributed by atoms with van der Waals surface area (Å²) in [6.07, 6.45) is 0.773. The van der Waals surface area contributed by atoms with Gasteiger partial charge in [0.1, 0.15) is 4.32 Å². The summed E-state index contributed by atoms with van der Waals surface area (Å²) in [6.45, 7) is 2.40. The number of carbonyl (C=O) groups is 2. The number of thiocarbonyl (C=S) groups is 1. The predicted molar refractivity (Wildman–Crippen MR) is 150 cm³/mol. The maximum Gasteiger partial charge on any atom is 0.416 e. The van der Waals surface area contributed by atoms with Crippen LogP contribution in [0.3, 0.4) is 0 Å². The molecule has 5 nitrogen and oxygen atoms in total. The van der Waals surface area contributed by atoms with Crippen LogP contribution in [0.25, 0.3) is 6.08 Å². The number of halogens is 3. The third-order valence-electron chi connectivity index (χ3n) is 5.78. The molecule has 38 heavy (non-hydrogen) atoms. The minimum atomic E-state index is -4.40. The lowest BCUT2D eigenvalue weighted by molar-refractivity contribution is -0.137. The first kappa shape index (κ1) is 28.0. The lowest BCUT2D eigenvalue weighted by Crippen LogP contribution is -2.29. The van der Waals surface area contributed by atoms with E-state index in [-0.39, 0.29) is 24.7 Å². The van der Waals surface area contributed by atoms with Crippen LogP contribution in [0.4, 0.5) is 18.3 Å². The minimum absolute atomic E-state index is 0.164. The zero-order valence-corrected chi connectivity index (χ0v) is 22.8. The van der Waals surface area contributed by atoms with Crippen molar-refractivity contribution in [2.24, 2.45) is 0 Å². The number of hydrogen-bond acceptors (Lipinski definition) is 6. The highest BCUT2D eigenvalue weighted by Gasteiger charge is 2.32. The number of amides is 2. The van der Waals surface area contributed by atoms with Crippen LogP contribution in [-0.2, 0) is 28.6 Å². The van der Waals surface area contributed by atoms with Gasteiger partial charge in [0.2, 0.25) is 5.91 Å². The maximum atomic E-state index is 12.9. The van der Waals surface area contributed by atoms with Gasteiger partial charge in [0, 0.05) is 30.5 Å². The number of aromatic nitrogens is 1. The number of nitrogens with zero attached hydrogens (tertiary/aromatic N) is 2. The average molecular weight is 576 g/mol. The Morgan fingerprint density at radius 2 is 1.92 bits per heavy atom. The van der Waals surface area contributed by atoms with Crippen LogP contribution in [0.2, 0.25) is 0 Å². The van der Waals surface area contributed by atoms with Crippen molar-refractivity contribution in [3.63, 3.8) is 0 Å². The van der Waals surface area contributed by atoms with Crippen LogP contribution in [-0.4, -0.2) is 32.6 Å². The Labute approximate surface area is 232 Å². The van der Waals surface area contributed by atoms with Crippen molar-refractivity contribution in [2.45, 2.75) is 38.8 Å². The summed E-state index contributed by atoms with van der Waals surface area (Å²) in [5.74, 6) is -0.430. The standard InChI is InChI=1S/C27H24F3N3O2S3/c1-2-17-8-10-18(11-9-17)15-22-24(35)33(26(36)38-22)12-4-7-23(34)32-25-31-16-21(37-25)14-19-5-3-6-20(13-19)27(28,29)30/h3,5-6,8-11,13,15-16H,2,4,7,12,14H2,1H3,(H,31,32,34). The largest absolute Gasteiger partial charge is 0.416 e. The van der Waals surface area contributed by atoms with Crippen LogP contribution in [0, 0.1) is 0 Å². The summed E-state index contributed by atoms with van der Waals surface area (Å²) >= 11 is 7.84. The van der Waals surface area contributed by atoms with Gasteiger partial charge in [0.25, 0.3) is 5.91 Å². The second-order valence-electron chi connectivity index (χ2n) is 8.59. The molecule has 0 saturated carbocycles. The number of nitrogens with one attached hydrogen (secondary N) is 1. The molecule has 0 radical (unpaired) electrons. The number of rotatable bonds is 9. The quantitative estimate of drug-likeness (QED) is 0.221. The van der Waals surface area contributed by atoms with Crippen LogP contribution >= 0.6 is 35.3 Å². The van der Waals surface area contributed by atoms with Crippen LogP contribution in [0.1, 0.15) is 46.9 Å². The van der Waals surface area contributed by atoms with E-state index in [9.17, 15) is 22.8 Å². The molecule has 1 aromatic heterocycles. The number of carbonyl (C=O) groups excluding carboxylic acids is 2. The molecule has 3 aromatic rings. The highest BCUT2D eigenvalue weighted by molar-refractivity contribution is 8.26. The van der Waals surface area contributed by atoms with E-state index in [1.54, 1.807) is 12.3 Å². The molecular formula is C27H24F3N3O2S3. The molecule has 1 aliphatic rings. The number of aryl methyl sites for hydroxylation is 1. The van der Waals surface area contributed by atoms with E-state index in [1.165, 1.54) is 39.6 Å². The molecule has 0 bridgehead atoms. The molecule has 2 heterocycles. The zero-order valence-electron chi connectivity index (χ0n) is 20.4. The number of hydrogen-bond donors (Lipinski definition) is 1. The van der Waals surface area contributed by atoms with Gasteiger partial charge >= 0.3 is 6.18 Å². The summed E-state index contributed by atoms with van der Waals surface area (Å²) in [4.78, 5) is 32.2. The Morgan fingerprint density at radius 1 is 1.16 bits per heavy atom. The monoisotopic (exact) mass is 575 g/mol. The molecule has 0 aliphatic carbocycles. The van der Waals surface area contributed by atoms with Gasteiger partial charge in [0.15, 0.2) is 5.13 Å². The Hall–Kier alpha value is -3.02. The molecule has 1 N–H and O–H groups in total. The highest BCUT2D eigenvalue weighted by Crippen LogP contribution is 2.33. The molecule has 1 saturated heterocycles. The van der Waals surface area contributed by atoms with Crippen molar-refractivity contribution in [1.82, 2.24) is 9.88 Å². The molecule has 0 atom stereocenters. The molecule has 0 spiro atoms. The third kappa shape index (κ3) is 7.30. The van der Waals surface area contributed by atoms with Crippen molar-refractivity contribution >= 4 is 62.7 Å². The van der Waals surface area contributed by atoms with Gasteiger partial charge in [0.05, 0.1) is 10.5 Å². The lowest BCUT2D eigenvalue weighted by atomic mass is 10.1. The first-order valence-electron chi connectivity index (χ1n) is 11.9. The number of thiazole rings is 1. The molecular weight excluding hydrogens is 552 g/mol. The average Bonchev–Trinajstić information content (AvgIpc) is 3.42. The zero-order chi connectivity index (χ0) is 27.3. The minimum Gasteiger partial charge on any atom is -0.302 e. The molecule has 1 fully saturated rings. The first-order valence-corrected chi connectivity index (χ1v) is 13.9. The topological polar surface area (TPSA) is 62.3 Å². The Balaban J connectivity index is 1.26. The van der Waals surface area contributed by atoms with E-state index in [0.29, 0.717) is 32.9 Å². The Bertz CT molecular complexity index is 1370. The lowest BCUT2D eigenvalue weighted by Gasteiger charge is -2.13. The van der Waals surface area contributed by atoms with E-state index in [1.807, 2.05) is 30.3 Å². The van der Waals surface area contributed by atoms with E-state index in [0.717, 1.165) is 29.0 Å². The van der Waals surface area contributed by atoms with E-state index in [4.69, 9.17) is 12.2 Å². The first-order chi connectivity index (χ1) is 18.1. The van der Waals surface area contributed by atoms with Gasteiger partial charge in [-0.3, -0.25) is 14.5 Å². The molecule has 11 heteroatoms. The smallest absolute Gasteiger partial charge is 0.302 e. The van der Waals surface area contributed by atoms with E-state index < -0.39 is 11.7 Å². The van der Waals surface area contributed by atoms with Gasteiger partial charge in [-0.15, -0.1) is 11.3 Å². The van der Waals surface area contributed by atoms with Crippen LogP contribution in [0.5, 0.6) is 0 Å². The molecule has 0 unspecified atom stereocenters. The van der Waals surface area contributed by atoms with E-state index in [2.05, 4.69) is 17.2 Å². The predicted octanol–water partition coefficient (Wildman–Crippen LogP) is 6.94. The molecule has 2 amide bonds. The van der Waals surface area contributed by atoms with Crippen molar-refractivity contribution in [2.75, 3.05) is 11.9 Å². The summed E-state index contributed by atoms with van der Waals surface area (Å²) in [5.41, 5.74) is 1.96. The second kappa shape index (κ2) is 12.2. The fraction of sp³-hybridized carbons (Fsp3) is 0.259. The summed E-state index contributed by atoms with van der Waals surface area (Å²) in [7, 11) is 0. The Morgan fingerprint density at radius 3 is 2.63 bits per heavy atom. The number of alkyl halides is 3. The SMILES string of the molecule is CCc1ccc(C=C2SC(=S)N(CCCC(=O)Nc3ncc(Cc4cccc(C(F)(F)F)c4)s3)C2=O)cc1. The third-order valence-corrected chi connectivity index (χ3v) is 8.07. The van der Waals surface area contributed by atoms with E-state index >= 15 is 0 Å². The normalized spacial score (nSPS) is 14.9. The van der Waals surface area contributed by atoms with Gasteiger partial charge in [-0.05, 0) is 41.7 Å². The molecule has 1 aliphatic heterocycles. The highest BCUT2D eigenvalue weighted by atomic mass is 32.2. The van der Waals surface area contributed by atoms with Gasteiger partial charge < -0.3 is 5.32 Å². The van der Waals surface area contributed by atoms with Gasteiger partial charge in [-0.1, -0.05) is 73.4 Å². The summed E-state index contributed by atoms with van der Waals surface area (Å²) < 4.78 is 39.3. The molecule has 198 valence electrons. The Kier molecular flexibility index (Phi) is 9.01. The van der Waals surface area contributed by atoms with Crippen molar-refractivity contribution in [1.29, 1.82) is 0 Å². The molecule has 2 aromatic carbocycles. The van der Waals surface area contributed by atoms with Crippen molar-refractivity contribution < 1.29 is 22.8 Å². The molecule has 4 rings (SSSR count). The summed E-state index contributed by atoms with van der Waals surface area (Å²) in [5, 5.41) is 3.09. The fourth-order valence-corrected chi connectivity index (χ4v) is 5.95. The number of thioether (sulfide) groups is 1. The van der Waals surface area contributed by atoms with Crippen LogP contribution < -0.4 is 5.32 Å². The van der Waals surface area contributed by atoms with Crippen molar-refractivity contribution in [3.05, 3.63) is 86.8 Å². The fourth-order valence-electron chi connectivity index (χ4n) is 3.78. The number of anilines is 1. The van der Waals surface area contributed by atoms with Crippen molar-refractivity contribution in [3.8, 4) is 0 Å². The number of benzene rings is 2.